The number of piperidine rings is 1. The van der Waals surface area contributed by atoms with Crippen LogP contribution in [0.2, 0.25) is 0 Å². The van der Waals surface area contributed by atoms with Gasteiger partial charge in [-0.2, -0.15) is 0 Å². The second-order valence-electron chi connectivity index (χ2n) is 5.69. The van der Waals surface area contributed by atoms with E-state index in [0.29, 0.717) is 6.54 Å². The van der Waals surface area contributed by atoms with Crippen LogP contribution in [-0.4, -0.2) is 19.0 Å². The lowest BCUT2D eigenvalue weighted by Crippen LogP contribution is -2.47. The molecule has 0 bridgehead atoms. The molecule has 1 amide bonds. The smallest absolute Gasteiger partial charge is 0.226 e. The van der Waals surface area contributed by atoms with Gasteiger partial charge in [0.15, 0.2) is 0 Å². The molecule has 1 aromatic heterocycles. The van der Waals surface area contributed by atoms with Crippen molar-refractivity contribution >= 4 is 17.2 Å². The first-order chi connectivity index (χ1) is 9.72. The summed E-state index contributed by atoms with van der Waals surface area (Å²) in [5.41, 5.74) is 1.23. The van der Waals surface area contributed by atoms with Crippen LogP contribution in [0.3, 0.4) is 0 Å². The normalized spacial score (nSPS) is 17.9. The topological polar surface area (TPSA) is 41.1 Å². The summed E-state index contributed by atoms with van der Waals surface area (Å²) < 4.78 is 0. The van der Waals surface area contributed by atoms with E-state index in [9.17, 15) is 4.79 Å². The molecule has 1 saturated heterocycles. The molecule has 1 aromatic rings. The molecule has 2 rings (SSSR count). The van der Waals surface area contributed by atoms with Crippen LogP contribution in [0.1, 0.15) is 50.0 Å². The fourth-order valence-corrected chi connectivity index (χ4v) is 4.08. The molecule has 0 saturated carbocycles. The molecule has 2 N–H and O–H groups in total. The van der Waals surface area contributed by atoms with E-state index in [1.807, 2.05) is 0 Å². The fourth-order valence-electron chi connectivity index (χ4n) is 3.16. The van der Waals surface area contributed by atoms with E-state index in [1.165, 1.54) is 10.4 Å². The van der Waals surface area contributed by atoms with Gasteiger partial charge in [-0.05, 0) is 55.8 Å². The molecule has 1 aliphatic rings. The summed E-state index contributed by atoms with van der Waals surface area (Å²) in [5, 5.41) is 8.68. The fraction of sp³-hybridized carbons (Fsp3) is 0.688. The zero-order valence-electron chi connectivity index (χ0n) is 12.6. The molecule has 0 aliphatic carbocycles. The monoisotopic (exact) mass is 294 g/mol. The van der Waals surface area contributed by atoms with Crippen LogP contribution in [0.4, 0.5) is 0 Å². The van der Waals surface area contributed by atoms with E-state index >= 15 is 0 Å². The molecule has 2 heterocycles. The van der Waals surface area contributed by atoms with Crippen molar-refractivity contribution in [2.75, 3.05) is 13.1 Å². The maximum absolute atomic E-state index is 12.7. The van der Waals surface area contributed by atoms with Crippen LogP contribution in [0.15, 0.2) is 11.4 Å². The Hall–Kier alpha value is -0.870. The maximum atomic E-state index is 12.7. The second-order valence-corrected chi connectivity index (χ2v) is 6.69. The van der Waals surface area contributed by atoms with Gasteiger partial charge in [0.25, 0.3) is 0 Å². The number of carbonyl (C=O) groups is 1. The lowest BCUT2D eigenvalue weighted by molar-refractivity contribution is -0.133. The number of nitrogens with one attached hydrogen (secondary N) is 2. The van der Waals surface area contributed by atoms with E-state index in [0.717, 1.165) is 45.2 Å². The molecular formula is C16H26N2OS. The number of thiophene rings is 1. The predicted octanol–water partition coefficient (Wildman–Crippen LogP) is 3.10. The summed E-state index contributed by atoms with van der Waals surface area (Å²) in [7, 11) is 0. The highest BCUT2D eigenvalue weighted by molar-refractivity contribution is 7.10. The van der Waals surface area contributed by atoms with E-state index in [1.54, 1.807) is 11.3 Å². The van der Waals surface area contributed by atoms with E-state index in [2.05, 4.69) is 35.9 Å². The molecule has 20 heavy (non-hydrogen) atoms. The Kier molecular flexibility index (Phi) is 5.61. The molecular weight excluding hydrogens is 268 g/mol. The molecule has 4 heteroatoms. The molecule has 1 fully saturated rings. The minimum Gasteiger partial charge on any atom is -0.351 e. The summed E-state index contributed by atoms with van der Waals surface area (Å²) >= 11 is 1.75. The molecule has 0 aromatic carbocycles. The Labute approximate surface area is 126 Å². The number of carbonyl (C=O) groups excluding carboxylic acids is 1. The standard InChI is InChI=1S/C16H26N2OS/c1-3-6-16(7-9-17-10-8-16)15(19)18-12-14-13(4-2)5-11-20-14/h5,11,17H,3-4,6-10,12H2,1-2H3,(H,18,19). The SMILES string of the molecule is CCCC1(C(=O)NCc2sccc2CC)CCNCC1. The largest absolute Gasteiger partial charge is 0.351 e. The van der Waals surface area contributed by atoms with Crippen LogP contribution in [0.25, 0.3) is 0 Å². The van der Waals surface area contributed by atoms with Crippen LogP contribution in [0, 0.1) is 5.41 Å². The number of hydrogen-bond donors (Lipinski definition) is 2. The lowest BCUT2D eigenvalue weighted by Gasteiger charge is -2.36. The third-order valence-corrected chi connectivity index (χ3v) is 5.36. The summed E-state index contributed by atoms with van der Waals surface area (Å²) in [6, 6.07) is 2.17. The maximum Gasteiger partial charge on any atom is 0.226 e. The van der Waals surface area contributed by atoms with Crippen LogP contribution in [0.5, 0.6) is 0 Å². The minimum absolute atomic E-state index is 0.135. The van der Waals surface area contributed by atoms with Crippen LogP contribution < -0.4 is 10.6 Å². The summed E-state index contributed by atoms with van der Waals surface area (Å²) in [4.78, 5) is 14.0. The third-order valence-electron chi connectivity index (χ3n) is 4.40. The highest BCUT2D eigenvalue weighted by Gasteiger charge is 2.38. The first-order valence-electron chi connectivity index (χ1n) is 7.76. The van der Waals surface area contributed by atoms with Gasteiger partial charge in [-0.1, -0.05) is 20.3 Å². The Morgan fingerprint density at radius 1 is 1.40 bits per heavy atom. The summed E-state index contributed by atoms with van der Waals surface area (Å²) in [5.74, 6) is 0.260. The van der Waals surface area contributed by atoms with Crippen molar-refractivity contribution < 1.29 is 4.79 Å². The summed E-state index contributed by atoms with van der Waals surface area (Å²) in [6.45, 7) is 6.96. The van der Waals surface area contributed by atoms with Gasteiger partial charge in [0, 0.05) is 4.88 Å². The number of amides is 1. The first kappa shape index (κ1) is 15.5. The van der Waals surface area contributed by atoms with Gasteiger partial charge in [-0.15, -0.1) is 11.3 Å². The molecule has 0 spiro atoms. The molecule has 0 radical (unpaired) electrons. The molecule has 0 atom stereocenters. The van der Waals surface area contributed by atoms with Crippen molar-refractivity contribution in [3.05, 3.63) is 21.9 Å². The predicted molar refractivity (Wildman–Crippen MR) is 85.0 cm³/mol. The van der Waals surface area contributed by atoms with Crippen molar-refractivity contribution in [3.63, 3.8) is 0 Å². The van der Waals surface area contributed by atoms with Gasteiger partial charge < -0.3 is 10.6 Å². The van der Waals surface area contributed by atoms with Gasteiger partial charge in [0.2, 0.25) is 5.91 Å². The summed E-state index contributed by atoms with van der Waals surface area (Å²) in [6.07, 6.45) is 5.06. The van der Waals surface area contributed by atoms with Gasteiger partial charge >= 0.3 is 0 Å². The van der Waals surface area contributed by atoms with Gasteiger partial charge in [-0.25, -0.2) is 0 Å². The second kappa shape index (κ2) is 7.23. The van der Waals surface area contributed by atoms with Crippen molar-refractivity contribution in [1.29, 1.82) is 0 Å². The third kappa shape index (κ3) is 3.41. The van der Waals surface area contributed by atoms with Crippen molar-refractivity contribution in [3.8, 4) is 0 Å². The van der Waals surface area contributed by atoms with Crippen molar-refractivity contribution in [2.45, 2.75) is 52.5 Å². The quantitative estimate of drug-likeness (QED) is 0.846. The number of hydrogen-bond acceptors (Lipinski definition) is 3. The van der Waals surface area contributed by atoms with Crippen LogP contribution >= 0.6 is 11.3 Å². The Morgan fingerprint density at radius 2 is 2.15 bits per heavy atom. The Morgan fingerprint density at radius 3 is 2.80 bits per heavy atom. The Balaban J connectivity index is 1.98. The zero-order valence-corrected chi connectivity index (χ0v) is 13.4. The molecule has 3 nitrogen and oxygen atoms in total. The van der Waals surface area contributed by atoms with E-state index < -0.39 is 0 Å². The minimum atomic E-state index is -0.135. The molecule has 0 unspecified atom stereocenters. The van der Waals surface area contributed by atoms with Gasteiger partial charge in [0.05, 0.1) is 12.0 Å². The van der Waals surface area contributed by atoms with Gasteiger partial charge in [-0.3, -0.25) is 4.79 Å². The van der Waals surface area contributed by atoms with Crippen molar-refractivity contribution in [2.24, 2.45) is 5.41 Å². The first-order valence-corrected chi connectivity index (χ1v) is 8.64. The van der Waals surface area contributed by atoms with E-state index in [4.69, 9.17) is 0 Å². The zero-order chi connectivity index (χ0) is 14.4. The number of rotatable bonds is 6. The Bertz CT molecular complexity index is 430. The van der Waals surface area contributed by atoms with Crippen molar-refractivity contribution in [1.82, 2.24) is 10.6 Å². The van der Waals surface area contributed by atoms with Crippen LogP contribution in [-0.2, 0) is 17.8 Å². The average Bonchev–Trinajstić information content (AvgIpc) is 2.93. The number of aryl methyl sites for hydroxylation is 1. The average molecular weight is 294 g/mol. The molecule has 1 aliphatic heterocycles. The highest BCUT2D eigenvalue weighted by atomic mass is 32.1. The van der Waals surface area contributed by atoms with E-state index in [-0.39, 0.29) is 11.3 Å². The highest BCUT2D eigenvalue weighted by Crippen LogP contribution is 2.34. The lowest BCUT2D eigenvalue weighted by atomic mass is 9.74. The van der Waals surface area contributed by atoms with Gasteiger partial charge in [0.1, 0.15) is 0 Å². The molecule has 112 valence electrons.